The fraction of sp³-hybridized carbons (Fsp3) is 0.583. The van der Waals surface area contributed by atoms with E-state index in [1.165, 1.54) is 24.7 Å². The van der Waals surface area contributed by atoms with Crippen molar-refractivity contribution in [1.29, 1.82) is 0 Å². The number of rotatable bonds is 4. The van der Waals surface area contributed by atoms with Crippen molar-refractivity contribution in [3.63, 3.8) is 0 Å². The minimum atomic E-state index is -0.485. The lowest BCUT2D eigenvalue weighted by molar-refractivity contribution is -0.137. The number of nitrogens with one attached hydrogen (secondary N) is 1. The molecule has 0 unspecified atom stereocenters. The zero-order chi connectivity index (χ0) is 22.7. The Balaban J connectivity index is 1.37. The smallest absolute Gasteiger partial charge is 0.251 e. The van der Waals surface area contributed by atoms with Crippen molar-refractivity contribution in [2.75, 3.05) is 36.4 Å². The van der Waals surface area contributed by atoms with Crippen LogP contribution in [0, 0.1) is 5.92 Å². The number of anilines is 2. The summed E-state index contributed by atoms with van der Waals surface area (Å²) >= 11 is 0. The van der Waals surface area contributed by atoms with Gasteiger partial charge < -0.3 is 10.2 Å². The van der Waals surface area contributed by atoms with Gasteiger partial charge in [-0.15, -0.1) is 0 Å². The van der Waals surface area contributed by atoms with Crippen LogP contribution >= 0.6 is 0 Å². The van der Waals surface area contributed by atoms with Gasteiger partial charge in [0.15, 0.2) is 0 Å². The van der Waals surface area contributed by atoms with E-state index in [9.17, 15) is 19.2 Å². The molecule has 1 N–H and O–H groups in total. The normalized spacial score (nSPS) is 23.3. The Labute approximate surface area is 188 Å². The number of carbonyl (C=O) groups is 4. The second-order valence-corrected chi connectivity index (χ2v) is 9.07. The molecule has 0 bridgehead atoms. The van der Waals surface area contributed by atoms with Crippen LogP contribution in [0.3, 0.4) is 0 Å². The van der Waals surface area contributed by atoms with Gasteiger partial charge in [0.2, 0.25) is 17.7 Å². The molecule has 3 fully saturated rings. The van der Waals surface area contributed by atoms with Gasteiger partial charge in [-0.3, -0.25) is 24.1 Å². The number of likely N-dealkylation sites (tertiary alicyclic amines) is 2. The summed E-state index contributed by atoms with van der Waals surface area (Å²) in [7, 11) is 0. The Kier molecular flexibility index (Phi) is 6.89. The molecule has 1 aromatic rings. The number of carbonyl (C=O) groups excluding carboxylic acids is 4. The third-order valence-corrected chi connectivity index (χ3v) is 6.78. The minimum absolute atomic E-state index is 0.0157. The van der Waals surface area contributed by atoms with E-state index in [2.05, 4.69) is 10.2 Å². The highest BCUT2D eigenvalue weighted by atomic mass is 16.2. The van der Waals surface area contributed by atoms with E-state index in [1.807, 2.05) is 4.90 Å². The van der Waals surface area contributed by atoms with E-state index in [4.69, 9.17) is 0 Å². The van der Waals surface area contributed by atoms with Gasteiger partial charge >= 0.3 is 0 Å². The molecule has 3 aliphatic heterocycles. The van der Waals surface area contributed by atoms with E-state index in [0.29, 0.717) is 24.5 Å². The fourth-order valence-electron chi connectivity index (χ4n) is 5.11. The van der Waals surface area contributed by atoms with Crippen LogP contribution in [0.2, 0.25) is 0 Å². The molecule has 0 spiro atoms. The molecular formula is C24H32N4O4. The standard InChI is InChI=1S/C24H32N4O4/c1-17(29)25-19-7-6-8-20(15-19)28-22(30)16-21(24(28)32)26-13-9-18(10-14-26)23(31)27-11-4-2-3-5-12-27/h6-8,15,18,21H,2-5,9-14,16H2,1H3,(H,25,29)/t21-/m1/s1. The molecule has 0 aromatic heterocycles. The highest BCUT2D eigenvalue weighted by molar-refractivity contribution is 6.22. The lowest BCUT2D eigenvalue weighted by Crippen LogP contribution is -2.48. The summed E-state index contributed by atoms with van der Waals surface area (Å²) in [6, 6.07) is 6.30. The maximum atomic E-state index is 13.2. The van der Waals surface area contributed by atoms with Crippen molar-refractivity contribution in [2.24, 2.45) is 5.92 Å². The highest BCUT2D eigenvalue weighted by Gasteiger charge is 2.44. The lowest BCUT2D eigenvalue weighted by Gasteiger charge is -2.36. The predicted octanol–water partition coefficient (Wildman–Crippen LogP) is 2.39. The molecule has 3 heterocycles. The Morgan fingerprint density at radius 3 is 2.31 bits per heavy atom. The van der Waals surface area contributed by atoms with Crippen LogP contribution in [-0.4, -0.2) is 65.6 Å². The number of amides is 4. The van der Waals surface area contributed by atoms with Gasteiger partial charge in [-0.25, -0.2) is 4.90 Å². The quantitative estimate of drug-likeness (QED) is 0.726. The second kappa shape index (κ2) is 9.81. The average Bonchev–Trinajstić information content (AvgIpc) is 2.95. The third kappa shape index (κ3) is 4.85. The van der Waals surface area contributed by atoms with E-state index >= 15 is 0 Å². The Hall–Kier alpha value is -2.74. The molecule has 4 amide bonds. The van der Waals surface area contributed by atoms with Crippen molar-refractivity contribution in [3.8, 4) is 0 Å². The van der Waals surface area contributed by atoms with Crippen molar-refractivity contribution < 1.29 is 19.2 Å². The molecule has 172 valence electrons. The molecule has 1 atom stereocenters. The number of piperidine rings is 1. The fourth-order valence-corrected chi connectivity index (χ4v) is 5.11. The summed E-state index contributed by atoms with van der Waals surface area (Å²) in [4.78, 5) is 55.5. The van der Waals surface area contributed by atoms with Gasteiger partial charge in [-0.2, -0.15) is 0 Å². The van der Waals surface area contributed by atoms with Crippen LogP contribution in [0.5, 0.6) is 0 Å². The molecule has 8 heteroatoms. The average molecular weight is 441 g/mol. The molecule has 3 aliphatic rings. The largest absolute Gasteiger partial charge is 0.342 e. The zero-order valence-electron chi connectivity index (χ0n) is 18.7. The summed E-state index contributed by atoms with van der Waals surface area (Å²) in [6.45, 7) is 4.43. The van der Waals surface area contributed by atoms with Crippen molar-refractivity contribution >= 4 is 35.0 Å². The third-order valence-electron chi connectivity index (χ3n) is 6.78. The molecule has 8 nitrogen and oxygen atoms in total. The monoisotopic (exact) mass is 440 g/mol. The SMILES string of the molecule is CC(=O)Nc1cccc(N2C(=O)C[C@@H](N3CCC(C(=O)N4CCCCCC4)CC3)C2=O)c1. The first-order valence-electron chi connectivity index (χ1n) is 11.7. The van der Waals surface area contributed by atoms with Crippen LogP contribution in [0.1, 0.15) is 51.9 Å². The Morgan fingerprint density at radius 2 is 1.66 bits per heavy atom. The van der Waals surface area contributed by atoms with E-state index in [0.717, 1.165) is 38.8 Å². The molecule has 0 radical (unpaired) electrons. The summed E-state index contributed by atoms with van der Waals surface area (Å²) in [5, 5.41) is 2.68. The van der Waals surface area contributed by atoms with Crippen molar-refractivity contribution in [2.45, 2.75) is 57.9 Å². The first-order valence-corrected chi connectivity index (χ1v) is 11.7. The van der Waals surface area contributed by atoms with Gasteiger partial charge in [0.25, 0.3) is 5.91 Å². The van der Waals surface area contributed by atoms with Gasteiger partial charge in [0.05, 0.1) is 18.2 Å². The number of benzene rings is 1. The molecule has 3 saturated heterocycles. The van der Waals surface area contributed by atoms with Crippen molar-refractivity contribution in [3.05, 3.63) is 24.3 Å². The first-order chi connectivity index (χ1) is 15.4. The van der Waals surface area contributed by atoms with E-state index in [-0.39, 0.29) is 36.0 Å². The predicted molar refractivity (Wildman–Crippen MR) is 121 cm³/mol. The van der Waals surface area contributed by atoms with Crippen molar-refractivity contribution in [1.82, 2.24) is 9.80 Å². The molecule has 0 saturated carbocycles. The number of hydrogen-bond donors (Lipinski definition) is 1. The van der Waals surface area contributed by atoms with Crippen LogP contribution in [-0.2, 0) is 19.2 Å². The van der Waals surface area contributed by atoms with Gasteiger partial charge in [0.1, 0.15) is 0 Å². The summed E-state index contributed by atoms with van der Waals surface area (Å²) in [5.74, 6) is -0.398. The molecule has 0 aliphatic carbocycles. The maximum absolute atomic E-state index is 13.2. The van der Waals surface area contributed by atoms with Crippen LogP contribution < -0.4 is 10.2 Å². The van der Waals surface area contributed by atoms with Gasteiger partial charge in [0, 0.05) is 31.6 Å². The maximum Gasteiger partial charge on any atom is 0.251 e. The Bertz CT molecular complexity index is 886. The minimum Gasteiger partial charge on any atom is -0.342 e. The molecule has 32 heavy (non-hydrogen) atoms. The molecule has 1 aromatic carbocycles. The Morgan fingerprint density at radius 1 is 0.969 bits per heavy atom. The summed E-state index contributed by atoms with van der Waals surface area (Å²) < 4.78 is 0. The highest BCUT2D eigenvalue weighted by Crippen LogP contribution is 2.30. The zero-order valence-corrected chi connectivity index (χ0v) is 18.7. The summed E-state index contributed by atoms with van der Waals surface area (Å²) in [5.41, 5.74) is 1.02. The lowest BCUT2D eigenvalue weighted by atomic mass is 9.94. The molecule has 4 rings (SSSR count). The topological polar surface area (TPSA) is 90.0 Å². The van der Waals surface area contributed by atoms with Gasteiger partial charge in [-0.05, 0) is 57.0 Å². The molecular weight excluding hydrogens is 408 g/mol. The number of imide groups is 1. The number of hydrogen-bond acceptors (Lipinski definition) is 5. The first kappa shape index (κ1) is 22.5. The van der Waals surface area contributed by atoms with Crippen LogP contribution in [0.15, 0.2) is 24.3 Å². The van der Waals surface area contributed by atoms with E-state index < -0.39 is 6.04 Å². The second-order valence-electron chi connectivity index (χ2n) is 9.07. The van der Waals surface area contributed by atoms with Gasteiger partial charge in [-0.1, -0.05) is 18.9 Å². The van der Waals surface area contributed by atoms with Crippen LogP contribution in [0.25, 0.3) is 0 Å². The summed E-state index contributed by atoms with van der Waals surface area (Å²) in [6.07, 6.45) is 6.17. The van der Waals surface area contributed by atoms with E-state index in [1.54, 1.807) is 24.3 Å². The number of nitrogens with zero attached hydrogens (tertiary/aromatic N) is 3. The van der Waals surface area contributed by atoms with Crippen LogP contribution in [0.4, 0.5) is 11.4 Å².